The van der Waals surface area contributed by atoms with Gasteiger partial charge in [-0.1, -0.05) is 13.0 Å². The second-order valence-electron chi connectivity index (χ2n) is 6.47. The second-order valence-corrected chi connectivity index (χ2v) is 7.88. The highest BCUT2D eigenvalue weighted by atomic mass is 32.2. The standard InChI is InChI=1S/C17H27N3S/c1-14-12-20(13-15-5-2-3-8-18-15)9-7-17(14)19-11-16-6-4-10-21-16/h2-3,5,8,14,16-17,19H,4,6-7,9-13H2,1H3/t14-,16-,17+/m1/s1. The van der Waals surface area contributed by atoms with Crippen LogP contribution < -0.4 is 5.32 Å². The van der Waals surface area contributed by atoms with Gasteiger partial charge in [0.25, 0.3) is 0 Å². The quantitative estimate of drug-likeness (QED) is 0.905. The van der Waals surface area contributed by atoms with E-state index in [4.69, 9.17) is 0 Å². The topological polar surface area (TPSA) is 28.2 Å². The minimum Gasteiger partial charge on any atom is -0.313 e. The molecule has 0 unspecified atom stereocenters. The van der Waals surface area contributed by atoms with Gasteiger partial charge in [0.15, 0.2) is 0 Å². The summed E-state index contributed by atoms with van der Waals surface area (Å²) in [6.07, 6.45) is 5.98. The van der Waals surface area contributed by atoms with E-state index in [2.05, 4.69) is 46.0 Å². The number of likely N-dealkylation sites (tertiary alicyclic amines) is 1. The number of hydrogen-bond acceptors (Lipinski definition) is 4. The summed E-state index contributed by atoms with van der Waals surface area (Å²) in [6, 6.07) is 6.90. The first kappa shape index (κ1) is 15.3. The molecule has 116 valence electrons. The number of nitrogens with zero attached hydrogens (tertiary/aromatic N) is 2. The molecule has 1 N–H and O–H groups in total. The Morgan fingerprint density at radius 1 is 1.38 bits per heavy atom. The molecule has 2 saturated heterocycles. The Kier molecular flexibility index (Phi) is 5.55. The fraction of sp³-hybridized carbons (Fsp3) is 0.706. The van der Waals surface area contributed by atoms with E-state index >= 15 is 0 Å². The van der Waals surface area contributed by atoms with Crippen LogP contribution >= 0.6 is 11.8 Å². The van der Waals surface area contributed by atoms with Gasteiger partial charge < -0.3 is 5.32 Å². The molecule has 0 saturated carbocycles. The molecule has 0 bridgehead atoms. The first-order valence-corrected chi connectivity index (χ1v) is 9.33. The Morgan fingerprint density at radius 2 is 2.33 bits per heavy atom. The third-order valence-electron chi connectivity index (χ3n) is 4.73. The number of piperidine rings is 1. The fourth-order valence-electron chi connectivity index (χ4n) is 3.49. The molecule has 0 aliphatic carbocycles. The van der Waals surface area contributed by atoms with E-state index in [1.54, 1.807) is 0 Å². The minimum atomic E-state index is 0.700. The molecule has 4 heteroatoms. The van der Waals surface area contributed by atoms with Crippen molar-refractivity contribution in [2.24, 2.45) is 5.92 Å². The van der Waals surface area contributed by atoms with Crippen LogP contribution in [-0.2, 0) is 6.54 Å². The number of rotatable bonds is 5. The zero-order chi connectivity index (χ0) is 14.5. The number of thioether (sulfide) groups is 1. The van der Waals surface area contributed by atoms with Crippen molar-refractivity contribution in [3.05, 3.63) is 30.1 Å². The fourth-order valence-corrected chi connectivity index (χ4v) is 4.70. The zero-order valence-corrected chi connectivity index (χ0v) is 13.8. The van der Waals surface area contributed by atoms with Gasteiger partial charge in [-0.25, -0.2) is 0 Å². The Labute approximate surface area is 132 Å². The van der Waals surface area contributed by atoms with Crippen LogP contribution in [0.4, 0.5) is 0 Å². The summed E-state index contributed by atoms with van der Waals surface area (Å²) in [5.41, 5.74) is 1.19. The maximum Gasteiger partial charge on any atom is 0.0543 e. The zero-order valence-electron chi connectivity index (χ0n) is 13.0. The van der Waals surface area contributed by atoms with E-state index in [-0.39, 0.29) is 0 Å². The Balaban J connectivity index is 1.43. The van der Waals surface area contributed by atoms with E-state index in [0.717, 1.165) is 17.7 Å². The Hall–Kier alpha value is -0.580. The number of aromatic nitrogens is 1. The highest BCUT2D eigenvalue weighted by Crippen LogP contribution is 2.26. The number of hydrogen-bond donors (Lipinski definition) is 1. The predicted molar refractivity (Wildman–Crippen MR) is 90.6 cm³/mol. The molecule has 1 aromatic rings. The molecule has 3 nitrogen and oxygen atoms in total. The van der Waals surface area contributed by atoms with Crippen molar-refractivity contribution in [3.8, 4) is 0 Å². The van der Waals surface area contributed by atoms with Gasteiger partial charge in [0.2, 0.25) is 0 Å². The summed E-state index contributed by atoms with van der Waals surface area (Å²) in [7, 11) is 0. The van der Waals surface area contributed by atoms with Crippen LogP contribution in [0.2, 0.25) is 0 Å². The van der Waals surface area contributed by atoms with Crippen LogP contribution in [0.25, 0.3) is 0 Å². The van der Waals surface area contributed by atoms with Crippen molar-refractivity contribution >= 4 is 11.8 Å². The summed E-state index contributed by atoms with van der Waals surface area (Å²) in [4.78, 5) is 7.00. The van der Waals surface area contributed by atoms with E-state index in [9.17, 15) is 0 Å². The minimum absolute atomic E-state index is 0.700. The molecule has 2 aliphatic heterocycles. The van der Waals surface area contributed by atoms with Crippen molar-refractivity contribution < 1.29 is 0 Å². The number of nitrogens with one attached hydrogen (secondary N) is 1. The highest BCUT2D eigenvalue weighted by Gasteiger charge is 2.27. The van der Waals surface area contributed by atoms with Crippen molar-refractivity contribution in [1.82, 2.24) is 15.2 Å². The third-order valence-corrected chi connectivity index (χ3v) is 6.13. The molecule has 2 fully saturated rings. The lowest BCUT2D eigenvalue weighted by atomic mass is 9.93. The monoisotopic (exact) mass is 305 g/mol. The van der Waals surface area contributed by atoms with Gasteiger partial charge in [-0.3, -0.25) is 9.88 Å². The third kappa shape index (κ3) is 4.44. The van der Waals surface area contributed by atoms with Crippen molar-refractivity contribution in [1.29, 1.82) is 0 Å². The largest absolute Gasteiger partial charge is 0.313 e. The van der Waals surface area contributed by atoms with Gasteiger partial charge in [-0.05, 0) is 43.1 Å². The van der Waals surface area contributed by atoms with Gasteiger partial charge in [0.1, 0.15) is 0 Å². The summed E-state index contributed by atoms with van der Waals surface area (Å²) in [5, 5.41) is 4.70. The average Bonchev–Trinajstić information content (AvgIpc) is 3.01. The predicted octanol–water partition coefficient (Wildman–Crippen LogP) is 2.78. The van der Waals surface area contributed by atoms with Crippen LogP contribution in [0.1, 0.15) is 31.9 Å². The van der Waals surface area contributed by atoms with Crippen LogP contribution in [0, 0.1) is 5.92 Å². The summed E-state index contributed by atoms with van der Waals surface area (Å²) in [5.74, 6) is 2.10. The molecule has 3 rings (SSSR count). The highest BCUT2D eigenvalue weighted by molar-refractivity contribution is 8.00. The molecule has 0 amide bonds. The molecule has 1 aromatic heterocycles. The van der Waals surface area contributed by atoms with E-state index in [1.165, 1.54) is 50.3 Å². The van der Waals surface area contributed by atoms with Crippen molar-refractivity contribution in [3.63, 3.8) is 0 Å². The molecule has 0 aromatic carbocycles. The van der Waals surface area contributed by atoms with Gasteiger partial charge in [-0.15, -0.1) is 0 Å². The first-order chi connectivity index (χ1) is 10.3. The molecular formula is C17H27N3S. The Morgan fingerprint density at radius 3 is 3.05 bits per heavy atom. The summed E-state index contributed by atoms with van der Waals surface area (Å²) < 4.78 is 0. The maximum absolute atomic E-state index is 4.45. The van der Waals surface area contributed by atoms with Crippen LogP contribution in [0.5, 0.6) is 0 Å². The summed E-state index contributed by atoms with van der Waals surface area (Å²) >= 11 is 2.15. The second kappa shape index (κ2) is 7.61. The van der Waals surface area contributed by atoms with E-state index < -0.39 is 0 Å². The van der Waals surface area contributed by atoms with Gasteiger partial charge in [0.05, 0.1) is 5.69 Å². The molecule has 0 spiro atoms. The van der Waals surface area contributed by atoms with Gasteiger partial charge >= 0.3 is 0 Å². The van der Waals surface area contributed by atoms with Crippen LogP contribution in [0.3, 0.4) is 0 Å². The molecular weight excluding hydrogens is 278 g/mol. The lowest BCUT2D eigenvalue weighted by Crippen LogP contribution is -2.49. The van der Waals surface area contributed by atoms with Crippen LogP contribution in [-0.4, -0.2) is 46.6 Å². The SMILES string of the molecule is C[C@@H]1CN(Cc2ccccn2)CC[C@@H]1NC[C@H]1CCCS1. The van der Waals surface area contributed by atoms with Crippen LogP contribution in [0.15, 0.2) is 24.4 Å². The van der Waals surface area contributed by atoms with Gasteiger partial charge in [0, 0.05) is 43.7 Å². The van der Waals surface area contributed by atoms with E-state index in [1.807, 2.05) is 12.3 Å². The number of pyridine rings is 1. The van der Waals surface area contributed by atoms with Gasteiger partial charge in [-0.2, -0.15) is 11.8 Å². The van der Waals surface area contributed by atoms with E-state index in [0.29, 0.717) is 6.04 Å². The lowest BCUT2D eigenvalue weighted by Gasteiger charge is -2.37. The van der Waals surface area contributed by atoms with Crippen molar-refractivity contribution in [2.75, 3.05) is 25.4 Å². The molecule has 21 heavy (non-hydrogen) atoms. The Bertz CT molecular complexity index is 419. The average molecular weight is 305 g/mol. The summed E-state index contributed by atoms with van der Waals surface area (Å²) in [6.45, 7) is 6.97. The lowest BCUT2D eigenvalue weighted by molar-refractivity contribution is 0.140. The van der Waals surface area contributed by atoms with Crippen molar-refractivity contribution in [2.45, 2.75) is 44.0 Å². The first-order valence-electron chi connectivity index (χ1n) is 8.28. The maximum atomic E-state index is 4.45. The normalized spacial score (nSPS) is 30.6. The molecule has 3 atom stereocenters. The molecule has 3 heterocycles. The molecule has 2 aliphatic rings. The molecule has 0 radical (unpaired) electrons. The smallest absolute Gasteiger partial charge is 0.0543 e.